The van der Waals surface area contributed by atoms with Crippen molar-refractivity contribution in [3.05, 3.63) is 0 Å². The predicted molar refractivity (Wildman–Crippen MR) is 78.9 cm³/mol. The van der Waals surface area contributed by atoms with Crippen LogP contribution in [0.3, 0.4) is 0 Å². The topological polar surface area (TPSA) is 15.3 Å². The minimum absolute atomic E-state index is 0.697. The van der Waals surface area contributed by atoms with E-state index >= 15 is 0 Å². The van der Waals surface area contributed by atoms with E-state index in [1.54, 1.807) is 0 Å². The molecule has 2 nitrogen and oxygen atoms in total. The van der Waals surface area contributed by atoms with E-state index < -0.39 is 0 Å². The van der Waals surface area contributed by atoms with E-state index in [0.717, 1.165) is 12.0 Å². The Morgan fingerprint density at radius 2 is 1.94 bits per heavy atom. The smallest absolute Gasteiger partial charge is 0.0124 e. The number of hydrogen-bond donors (Lipinski definition) is 1. The average molecular weight is 252 g/mol. The molecule has 0 aromatic heterocycles. The summed E-state index contributed by atoms with van der Waals surface area (Å²) in [6.45, 7) is 8.40. The summed E-state index contributed by atoms with van der Waals surface area (Å²) < 4.78 is 0. The molecule has 1 N–H and O–H groups in total. The van der Waals surface area contributed by atoms with E-state index in [0.29, 0.717) is 6.04 Å². The van der Waals surface area contributed by atoms with Gasteiger partial charge in [0.2, 0.25) is 0 Å². The number of hydrogen-bond acceptors (Lipinski definition) is 2. The van der Waals surface area contributed by atoms with Crippen molar-refractivity contribution >= 4 is 0 Å². The molecular formula is C16H32N2. The normalized spacial score (nSPS) is 28.0. The summed E-state index contributed by atoms with van der Waals surface area (Å²) in [6.07, 6.45) is 11.5. The van der Waals surface area contributed by atoms with Crippen LogP contribution in [-0.2, 0) is 0 Å². The summed E-state index contributed by atoms with van der Waals surface area (Å²) in [7, 11) is 0. The Hall–Kier alpha value is -0.0800. The highest BCUT2D eigenvalue weighted by Crippen LogP contribution is 2.35. The zero-order valence-corrected chi connectivity index (χ0v) is 12.5. The van der Waals surface area contributed by atoms with Crippen LogP contribution < -0.4 is 5.32 Å². The Kier molecular flexibility index (Phi) is 5.97. The highest BCUT2D eigenvalue weighted by molar-refractivity contribution is 4.87. The van der Waals surface area contributed by atoms with Gasteiger partial charge in [-0.05, 0) is 51.5 Å². The van der Waals surface area contributed by atoms with Crippen molar-refractivity contribution in [1.82, 2.24) is 10.2 Å². The highest BCUT2D eigenvalue weighted by atomic mass is 15.2. The molecule has 106 valence electrons. The van der Waals surface area contributed by atoms with Gasteiger partial charge in [-0.1, -0.05) is 26.2 Å². The van der Waals surface area contributed by atoms with Crippen molar-refractivity contribution in [3.8, 4) is 0 Å². The molecule has 0 bridgehead atoms. The quantitative estimate of drug-likeness (QED) is 0.747. The second kappa shape index (κ2) is 7.49. The fraction of sp³-hybridized carbons (Fsp3) is 1.00. The van der Waals surface area contributed by atoms with Gasteiger partial charge >= 0.3 is 0 Å². The maximum Gasteiger partial charge on any atom is 0.0124 e. The summed E-state index contributed by atoms with van der Waals surface area (Å²) in [5.74, 6) is 1.03. The van der Waals surface area contributed by atoms with Crippen LogP contribution in [0.25, 0.3) is 0 Å². The number of nitrogens with one attached hydrogen (secondary N) is 1. The zero-order valence-electron chi connectivity index (χ0n) is 12.5. The summed E-state index contributed by atoms with van der Waals surface area (Å²) in [5, 5.41) is 3.68. The van der Waals surface area contributed by atoms with Crippen molar-refractivity contribution in [3.63, 3.8) is 0 Å². The molecule has 1 aliphatic carbocycles. The van der Waals surface area contributed by atoms with E-state index in [9.17, 15) is 0 Å². The minimum Gasteiger partial charge on any atom is -0.313 e. The lowest BCUT2D eigenvalue weighted by Gasteiger charge is -2.29. The molecular weight excluding hydrogens is 220 g/mol. The molecule has 1 saturated heterocycles. The van der Waals surface area contributed by atoms with E-state index in [1.807, 2.05) is 0 Å². The Labute approximate surface area is 114 Å². The fourth-order valence-corrected chi connectivity index (χ4v) is 4.00. The Morgan fingerprint density at radius 1 is 1.17 bits per heavy atom. The van der Waals surface area contributed by atoms with Gasteiger partial charge in [0.15, 0.2) is 0 Å². The van der Waals surface area contributed by atoms with E-state index in [4.69, 9.17) is 0 Å². The van der Waals surface area contributed by atoms with Crippen molar-refractivity contribution in [1.29, 1.82) is 0 Å². The largest absolute Gasteiger partial charge is 0.313 e. The molecule has 0 spiro atoms. The SMILES string of the molecule is CCCC(C)NCCN1CCCC1C1CCCC1. The third-order valence-corrected chi connectivity index (χ3v) is 4.97. The minimum atomic E-state index is 0.697. The first kappa shape index (κ1) is 14.3. The predicted octanol–water partition coefficient (Wildman–Crippen LogP) is 3.42. The molecule has 0 aromatic carbocycles. The first-order valence-electron chi connectivity index (χ1n) is 8.28. The average Bonchev–Trinajstić information content (AvgIpc) is 2.98. The van der Waals surface area contributed by atoms with Crippen molar-refractivity contribution in [2.45, 2.75) is 77.3 Å². The van der Waals surface area contributed by atoms with Crippen molar-refractivity contribution in [2.24, 2.45) is 5.92 Å². The molecule has 2 atom stereocenters. The van der Waals surface area contributed by atoms with Crippen LogP contribution in [0.1, 0.15) is 65.2 Å². The van der Waals surface area contributed by atoms with Gasteiger partial charge in [0.05, 0.1) is 0 Å². The lowest BCUT2D eigenvalue weighted by Crippen LogP contribution is -2.40. The number of rotatable bonds is 7. The lowest BCUT2D eigenvalue weighted by molar-refractivity contribution is 0.189. The van der Waals surface area contributed by atoms with Gasteiger partial charge in [-0.2, -0.15) is 0 Å². The molecule has 0 aromatic rings. The van der Waals surface area contributed by atoms with Gasteiger partial charge in [0, 0.05) is 25.2 Å². The second-order valence-corrected chi connectivity index (χ2v) is 6.43. The molecule has 2 unspecified atom stereocenters. The van der Waals surface area contributed by atoms with Gasteiger partial charge in [0.1, 0.15) is 0 Å². The van der Waals surface area contributed by atoms with Gasteiger partial charge in [-0.15, -0.1) is 0 Å². The molecule has 2 heteroatoms. The van der Waals surface area contributed by atoms with Crippen LogP contribution in [-0.4, -0.2) is 36.6 Å². The Balaban J connectivity index is 1.67. The van der Waals surface area contributed by atoms with Gasteiger partial charge < -0.3 is 5.32 Å². The third-order valence-electron chi connectivity index (χ3n) is 4.97. The summed E-state index contributed by atoms with van der Waals surface area (Å²) in [5.41, 5.74) is 0. The Morgan fingerprint density at radius 3 is 2.67 bits per heavy atom. The maximum absolute atomic E-state index is 3.68. The van der Waals surface area contributed by atoms with E-state index in [2.05, 4.69) is 24.1 Å². The molecule has 1 aliphatic heterocycles. The molecule has 0 radical (unpaired) electrons. The molecule has 2 fully saturated rings. The van der Waals surface area contributed by atoms with Crippen LogP contribution in [0, 0.1) is 5.92 Å². The molecule has 1 heterocycles. The van der Waals surface area contributed by atoms with Crippen LogP contribution in [0.4, 0.5) is 0 Å². The zero-order chi connectivity index (χ0) is 12.8. The molecule has 2 aliphatic rings. The summed E-state index contributed by atoms with van der Waals surface area (Å²) in [4.78, 5) is 2.78. The maximum atomic E-state index is 3.68. The first-order chi connectivity index (χ1) is 8.81. The summed E-state index contributed by atoms with van der Waals surface area (Å²) >= 11 is 0. The fourth-order valence-electron chi connectivity index (χ4n) is 4.00. The number of likely N-dealkylation sites (tertiary alicyclic amines) is 1. The van der Waals surface area contributed by atoms with Crippen LogP contribution in [0.5, 0.6) is 0 Å². The second-order valence-electron chi connectivity index (χ2n) is 6.43. The van der Waals surface area contributed by atoms with Crippen molar-refractivity contribution in [2.75, 3.05) is 19.6 Å². The van der Waals surface area contributed by atoms with Gasteiger partial charge in [-0.3, -0.25) is 4.90 Å². The first-order valence-corrected chi connectivity index (χ1v) is 8.28. The van der Waals surface area contributed by atoms with Gasteiger partial charge in [0.25, 0.3) is 0 Å². The molecule has 1 saturated carbocycles. The lowest BCUT2D eigenvalue weighted by atomic mass is 9.96. The monoisotopic (exact) mass is 252 g/mol. The van der Waals surface area contributed by atoms with Crippen LogP contribution in [0.2, 0.25) is 0 Å². The summed E-state index contributed by atoms with van der Waals surface area (Å²) in [6, 6.07) is 1.62. The van der Waals surface area contributed by atoms with Gasteiger partial charge in [-0.25, -0.2) is 0 Å². The van der Waals surface area contributed by atoms with Crippen LogP contribution in [0.15, 0.2) is 0 Å². The molecule has 18 heavy (non-hydrogen) atoms. The number of nitrogens with zero attached hydrogens (tertiary/aromatic N) is 1. The third kappa shape index (κ3) is 3.96. The molecule has 2 rings (SSSR count). The van der Waals surface area contributed by atoms with Crippen molar-refractivity contribution < 1.29 is 0 Å². The van der Waals surface area contributed by atoms with E-state index in [1.165, 1.54) is 71.0 Å². The van der Waals surface area contributed by atoms with Crippen LogP contribution >= 0.6 is 0 Å². The Bertz CT molecular complexity index is 223. The highest BCUT2D eigenvalue weighted by Gasteiger charge is 2.32. The van der Waals surface area contributed by atoms with E-state index in [-0.39, 0.29) is 0 Å². The standard InChI is InChI=1S/C16H32N2/c1-3-7-14(2)17-11-13-18-12-6-10-16(18)15-8-4-5-9-15/h14-17H,3-13H2,1-2H3. The molecule has 0 amide bonds.